The largest absolute Gasteiger partial charge is 0.417 e. The Bertz CT molecular complexity index is 459. The fourth-order valence-corrected chi connectivity index (χ4v) is 2.04. The molecule has 0 saturated carbocycles. The number of carbonyl (C=O) groups is 1. The third-order valence-corrected chi connectivity index (χ3v) is 2.97. The minimum atomic E-state index is -4.50. The molecule has 2 rings (SSSR count). The van der Waals surface area contributed by atoms with E-state index in [1.165, 1.54) is 17.0 Å². The molecular weight excluding hydrogens is 255 g/mol. The molecule has 6 heteroatoms. The van der Waals surface area contributed by atoms with Gasteiger partial charge in [-0.25, -0.2) is 0 Å². The Balaban J connectivity index is 2.41. The second kappa shape index (κ2) is 4.22. The standard InChI is InChI=1S/C11H9ClF3NO/c12-9-4-3-7(6-8(9)11(13,14)15)16-5-1-2-10(16)17/h3-4,6H,1-2,5H2. The van der Waals surface area contributed by atoms with Gasteiger partial charge in [0, 0.05) is 18.7 Å². The zero-order chi connectivity index (χ0) is 12.6. The van der Waals surface area contributed by atoms with E-state index in [2.05, 4.69) is 0 Å². The van der Waals surface area contributed by atoms with Gasteiger partial charge in [0.15, 0.2) is 0 Å². The summed E-state index contributed by atoms with van der Waals surface area (Å²) in [6.07, 6.45) is -3.46. The molecule has 0 N–H and O–H groups in total. The molecule has 17 heavy (non-hydrogen) atoms. The summed E-state index contributed by atoms with van der Waals surface area (Å²) in [5, 5.41) is -0.354. The number of hydrogen-bond acceptors (Lipinski definition) is 1. The van der Waals surface area contributed by atoms with Crippen LogP contribution in [0.3, 0.4) is 0 Å². The lowest BCUT2D eigenvalue weighted by Crippen LogP contribution is -2.24. The van der Waals surface area contributed by atoms with Crippen LogP contribution in [0.2, 0.25) is 5.02 Å². The van der Waals surface area contributed by atoms with Crippen LogP contribution >= 0.6 is 11.6 Å². The number of anilines is 1. The van der Waals surface area contributed by atoms with Crippen molar-refractivity contribution in [1.82, 2.24) is 0 Å². The van der Waals surface area contributed by atoms with E-state index in [0.717, 1.165) is 6.07 Å². The molecule has 1 aromatic carbocycles. The lowest BCUT2D eigenvalue weighted by Gasteiger charge is -2.18. The van der Waals surface area contributed by atoms with E-state index in [1.807, 2.05) is 0 Å². The van der Waals surface area contributed by atoms with Crippen molar-refractivity contribution in [2.24, 2.45) is 0 Å². The Hall–Kier alpha value is -1.23. The van der Waals surface area contributed by atoms with Crippen LogP contribution in [0.1, 0.15) is 18.4 Å². The first-order chi connectivity index (χ1) is 7.89. The summed E-state index contributed by atoms with van der Waals surface area (Å²) in [4.78, 5) is 12.8. The van der Waals surface area contributed by atoms with Crippen molar-refractivity contribution in [3.05, 3.63) is 28.8 Å². The summed E-state index contributed by atoms with van der Waals surface area (Å²) < 4.78 is 37.9. The summed E-state index contributed by atoms with van der Waals surface area (Å²) in [7, 11) is 0. The second-order valence-corrected chi connectivity index (χ2v) is 4.22. The number of nitrogens with zero attached hydrogens (tertiary/aromatic N) is 1. The fourth-order valence-electron chi connectivity index (χ4n) is 1.82. The number of hydrogen-bond donors (Lipinski definition) is 0. The van der Waals surface area contributed by atoms with Gasteiger partial charge in [-0.05, 0) is 24.6 Å². The number of benzene rings is 1. The SMILES string of the molecule is O=C1CCCN1c1ccc(Cl)c(C(F)(F)F)c1. The molecule has 1 fully saturated rings. The highest BCUT2D eigenvalue weighted by Gasteiger charge is 2.34. The van der Waals surface area contributed by atoms with Gasteiger partial charge in [-0.15, -0.1) is 0 Å². The van der Waals surface area contributed by atoms with Crippen molar-refractivity contribution < 1.29 is 18.0 Å². The molecule has 1 saturated heterocycles. The maximum atomic E-state index is 12.6. The van der Waals surface area contributed by atoms with Crippen molar-refractivity contribution >= 4 is 23.2 Å². The number of halogens is 4. The van der Waals surface area contributed by atoms with Gasteiger partial charge in [0.1, 0.15) is 0 Å². The minimum Gasteiger partial charge on any atom is -0.312 e. The van der Waals surface area contributed by atoms with E-state index < -0.39 is 11.7 Å². The number of rotatable bonds is 1. The van der Waals surface area contributed by atoms with Gasteiger partial charge < -0.3 is 4.90 Å². The van der Waals surface area contributed by atoms with Crippen molar-refractivity contribution in [2.45, 2.75) is 19.0 Å². The Morgan fingerprint density at radius 2 is 2.00 bits per heavy atom. The zero-order valence-corrected chi connectivity index (χ0v) is 9.48. The molecule has 0 unspecified atom stereocenters. The summed E-state index contributed by atoms with van der Waals surface area (Å²) in [5.74, 6) is -0.152. The molecule has 1 aliphatic rings. The summed E-state index contributed by atoms with van der Waals surface area (Å²) in [6.45, 7) is 0.456. The molecule has 1 aromatic rings. The van der Waals surface area contributed by atoms with Gasteiger partial charge >= 0.3 is 6.18 Å². The van der Waals surface area contributed by atoms with E-state index in [-0.39, 0.29) is 16.6 Å². The number of alkyl halides is 3. The summed E-state index contributed by atoms with van der Waals surface area (Å²) in [5.41, 5.74) is -0.652. The van der Waals surface area contributed by atoms with Gasteiger partial charge in [-0.2, -0.15) is 13.2 Å². The first-order valence-electron chi connectivity index (χ1n) is 5.07. The molecule has 0 bridgehead atoms. The Morgan fingerprint density at radius 3 is 2.53 bits per heavy atom. The van der Waals surface area contributed by atoms with Gasteiger partial charge in [0.25, 0.3) is 0 Å². The highest BCUT2D eigenvalue weighted by molar-refractivity contribution is 6.31. The Morgan fingerprint density at radius 1 is 1.29 bits per heavy atom. The monoisotopic (exact) mass is 263 g/mol. The molecule has 0 radical (unpaired) electrons. The molecule has 1 heterocycles. The van der Waals surface area contributed by atoms with Crippen LogP contribution in [0.25, 0.3) is 0 Å². The normalized spacial score (nSPS) is 16.7. The maximum Gasteiger partial charge on any atom is 0.417 e. The molecule has 0 aliphatic carbocycles. The Labute approximate surface area is 101 Å². The predicted molar refractivity (Wildman–Crippen MR) is 58.0 cm³/mol. The lowest BCUT2D eigenvalue weighted by atomic mass is 10.2. The number of amides is 1. The highest BCUT2D eigenvalue weighted by atomic mass is 35.5. The van der Waals surface area contributed by atoms with Crippen LogP contribution in [0.5, 0.6) is 0 Å². The molecule has 92 valence electrons. The average Bonchev–Trinajstić information content (AvgIpc) is 2.63. The van der Waals surface area contributed by atoms with E-state index in [9.17, 15) is 18.0 Å². The van der Waals surface area contributed by atoms with Crippen molar-refractivity contribution in [2.75, 3.05) is 11.4 Å². The molecular formula is C11H9ClF3NO. The first kappa shape index (κ1) is 12.2. The second-order valence-electron chi connectivity index (χ2n) is 3.81. The first-order valence-corrected chi connectivity index (χ1v) is 5.44. The van der Waals surface area contributed by atoms with E-state index >= 15 is 0 Å². The third kappa shape index (κ3) is 2.39. The average molecular weight is 264 g/mol. The van der Waals surface area contributed by atoms with Crippen LogP contribution < -0.4 is 4.90 Å². The van der Waals surface area contributed by atoms with Crippen molar-refractivity contribution in [1.29, 1.82) is 0 Å². The molecule has 0 aromatic heterocycles. The molecule has 1 aliphatic heterocycles. The zero-order valence-electron chi connectivity index (χ0n) is 8.72. The van der Waals surface area contributed by atoms with Crippen molar-refractivity contribution in [3.63, 3.8) is 0 Å². The van der Waals surface area contributed by atoms with Gasteiger partial charge in [0.05, 0.1) is 10.6 Å². The van der Waals surface area contributed by atoms with E-state index in [0.29, 0.717) is 19.4 Å². The van der Waals surface area contributed by atoms with Crippen LogP contribution in [-0.4, -0.2) is 12.5 Å². The molecule has 2 nitrogen and oxygen atoms in total. The molecule has 1 amide bonds. The van der Waals surface area contributed by atoms with E-state index in [1.54, 1.807) is 0 Å². The Kier molecular flexibility index (Phi) is 3.03. The smallest absolute Gasteiger partial charge is 0.312 e. The quantitative estimate of drug-likeness (QED) is 0.760. The minimum absolute atomic E-state index is 0.152. The van der Waals surface area contributed by atoms with Crippen LogP contribution in [0.4, 0.5) is 18.9 Å². The lowest BCUT2D eigenvalue weighted by molar-refractivity contribution is -0.137. The third-order valence-electron chi connectivity index (χ3n) is 2.64. The van der Waals surface area contributed by atoms with Crippen LogP contribution in [-0.2, 0) is 11.0 Å². The van der Waals surface area contributed by atoms with Crippen LogP contribution in [0, 0.1) is 0 Å². The van der Waals surface area contributed by atoms with Gasteiger partial charge in [0.2, 0.25) is 5.91 Å². The van der Waals surface area contributed by atoms with Gasteiger partial charge in [-0.1, -0.05) is 11.6 Å². The topological polar surface area (TPSA) is 20.3 Å². The van der Waals surface area contributed by atoms with Gasteiger partial charge in [-0.3, -0.25) is 4.79 Å². The summed E-state index contributed by atoms with van der Waals surface area (Å²) in [6, 6.07) is 3.53. The van der Waals surface area contributed by atoms with Crippen molar-refractivity contribution in [3.8, 4) is 0 Å². The summed E-state index contributed by atoms with van der Waals surface area (Å²) >= 11 is 5.50. The molecule has 0 spiro atoms. The maximum absolute atomic E-state index is 12.6. The highest BCUT2D eigenvalue weighted by Crippen LogP contribution is 2.37. The predicted octanol–water partition coefficient (Wildman–Crippen LogP) is 3.49. The fraction of sp³-hybridized carbons (Fsp3) is 0.364. The molecule has 0 atom stereocenters. The van der Waals surface area contributed by atoms with E-state index in [4.69, 9.17) is 11.6 Å². The van der Waals surface area contributed by atoms with Crippen LogP contribution in [0.15, 0.2) is 18.2 Å². The number of carbonyl (C=O) groups excluding carboxylic acids is 1.